The van der Waals surface area contributed by atoms with Crippen molar-refractivity contribution in [3.63, 3.8) is 0 Å². The molecule has 4 rings (SSSR count). The van der Waals surface area contributed by atoms with Crippen LogP contribution in [-0.2, 0) is 26.2 Å². The Labute approximate surface area is 270 Å². The van der Waals surface area contributed by atoms with Gasteiger partial charge in [0.15, 0.2) is 0 Å². The minimum absolute atomic E-state index is 0.0406. The predicted octanol–water partition coefficient (Wildman–Crippen LogP) is 6.52. The highest BCUT2D eigenvalue weighted by molar-refractivity contribution is 7.98. The highest BCUT2D eigenvalue weighted by Crippen LogP contribution is 2.33. The lowest BCUT2D eigenvalue weighted by Crippen LogP contribution is -2.53. The maximum atomic E-state index is 14.3. The highest BCUT2D eigenvalue weighted by atomic mass is 35.5. The van der Waals surface area contributed by atoms with Crippen LogP contribution in [-0.4, -0.2) is 56.6 Å². The van der Waals surface area contributed by atoms with Gasteiger partial charge >= 0.3 is 0 Å². The van der Waals surface area contributed by atoms with E-state index in [2.05, 4.69) is 5.32 Å². The number of hydrogen-bond donors (Lipinski definition) is 1. The van der Waals surface area contributed by atoms with Gasteiger partial charge in [-0.05, 0) is 87.0 Å². The second kappa shape index (κ2) is 15.7. The molecule has 1 fully saturated rings. The van der Waals surface area contributed by atoms with E-state index in [1.165, 1.54) is 28.8 Å². The van der Waals surface area contributed by atoms with Crippen LogP contribution >= 0.6 is 23.4 Å². The summed E-state index contributed by atoms with van der Waals surface area (Å²) in [5, 5.41) is 3.61. The van der Waals surface area contributed by atoms with Crippen LogP contribution in [0.4, 0.5) is 5.69 Å². The average Bonchev–Trinajstić information content (AvgIpc) is 3.03. The SMILES string of the molecule is CCOc1ccccc1N(CC(=O)N(Cc1cccc(Cl)c1)[C@H](C)C(=O)NC1CCCCC1)S(=O)(=O)c1ccc(SC)cc1. The predicted molar refractivity (Wildman–Crippen MR) is 177 cm³/mol. The Bertz CT molecular complexity index is 1530. The lowest BCUT2D eigenvalue weighted by molar-refractivity contribution is -0.139. The van der Waals surface area contributed by atoms with E-state index in [1.54, 1.807) is 68.4 Å². The zero-order valence-corrected chi connectivity index (χ0v) is 27.8. The molecule has 1 N–H and O–H groups in total. The Hall–Kier alpha value is -3.21. The van der Waals surface area contributed by atoms with E-state index < -0.39 is 28.5 Å². The Kier molecular flexibility index (Phi) is 12.0. The topological polar surface area (TPSA) is 96.0 Å². The van der Waals surface area contributed by atoms with E-state index in [4.69, 9.17) is 16.3 Å². The first-order valence-electron chi connectivity index (χ1n) is 14.9. The molecular formula is C33H40ClN3O5S2. The van der Waals surface area contributed by atoms with Crippen molar-refractivity contribution in [2.45, 2.75) is 74.4 Å². The van der Waals surface area contributed by atoms with Crippen LogP contribution in [0.3, 0.4) is 0 Å². The van der Waals surface area contributed by atoms with E-state index in [-0.39, 0.29) is 29.1 Å². The smallest absolute Gasteiger partial charge is 0.264 e. The normalized spacial score (nSPS) is 14.5. The number of sulfonamides is 1. The Morgan fingerprint density at radius 1 is 1.02 bits per heavy atom. The molecule has 1 aliphatic rings. The number of thioether (sulfide) groups is 1. The summed E-state index contributed by atoms with van der Waals surface area (Å²) in [6, 6.07) is 19.5. The molecule has 1 atom stereocenters. The minimum Gasteiger partial charge on any atom is -0.492 e. The number of anilines is 1. The van der Waals surface area contributed by atoms with Crippen molar-refractivity contribution in [2.24, 2.45) is 0 Å². The largest absolute Gasteiger partial charge is 0.492 e. The zero-order valence-electron chi connectivity index (χ0n) is 25.4. The molecule has 0 saturated heterocycles. The molecule has 1 aliphatic carbocycles. The van der Waals surface area contributed by atoms with E-state index in [9.17, 15) is 18.0 Å². The second-order valence-corrected chi connectivity index (χ2v) is 13.9. The maximum absolute atomic E-state index is 14.3. The molecule has 0 heterocycles. The van der Waals surface area contributed by atoms with Gasteiger partial charge in [0.05, 0.1) is 17.2 Å². The van der Waals surface area contributed by atoms with Gasteiger partial charge in [-0.25, -0.2) is 8.42 Å². The van der Waals surface area contributed by atoms with Crippen molar-refractivity contribution in [3.8, 4) is 5.75 Å². The van der Waals surface area contributed by atoms with Crippen molar-refractivity contribution < 1.29 is 22.7 Å². The molecule has 0 spiro atoms. The lowest BCUT2D eigenvalue weighted by atomic mass is 9.95. The number of ether oxygens (including phenoxy) is 1. The van der Waals surface area contributed by atoms with E-state index in [0.717, 1.165) is 46.9 Å². The third-order valence-electron chi connectivity index (χ3n) is 7.72. The van der Waals surface area contributed by atoms with Crippen molar-refractivity contribution in [1.82, 2.24) is 10.2 Å². The molecule has 3 aromatic rings. The summed E-state index contributed by atoms with van der Waals surface area (Å²) in [5.74, 6) is -0.479. The Morgan fingerprint density at radius 3 is 2.39 bits per heavy atom. The van der Waals surface area contributed by atoms with Gasteiger partial charge in [0.25, 0.3) is 10.0 Å². The molecule has 0 bridgehead atoms. The first kappa shape index (κ1) is 33.7. The summed E-state index contributed by atoms with van der Waals surface area (Å²) in [6.07, 6.45) is 6.96. The van der Waals surface area contributed by atoms with Crippen LogP contribution in [0, 0.1) is 0 Å². The fraction of sp³-hybridized carbons (Fsp3) is 0.394. The summed E-state index contributed by atoms with van der Waals surface area (Å²) in [6.45, 7) is 3.32. The Balaban J connectivity index is 1.72. The van der Waals surface area contributed by atoms with Crippen LogP contribution in [0.2, 0.25) is 5.02 Å². The quantitative estimate of drug-likeness (QED) is 0.210. The number of halogens is 1. The molecular weight excluding hydrogens is 618 g/mol. The van der Waals surface area contributed by atoms with Gasteiger partial charge < -0.3 is 15.0 Å². The van der Waals surface area contributed by atoms with Gasteiger partial charge in [0.2, 0.25) is 11.8 Å². The van der Waals surface area contributed by atoms with Crippen molar-refractivity contribution in [1.29, 1.82) is 0 Å². The molecule has 44 heavy (non-hydrogen) atoms. The minimum atomic E-state index is -4.22. The number of carbonyl (C=O) groups excluding carboxylic acids is 2. The van der Waals surface area contributed by atoms with Gasteiger partial charge in [-0.3, -0.25) is 13.9 Å². The number of benzene rings is 3. The maximum Gasteiger partial charge on any atom is 0.264 e. The fourth-order valence-corrected chi connectivity index (χ4v) is 7.36. The van der Waals surface area contributed by atoms with Crippen LogP contribution in [0.25, 0.3) is 0 Å². The van der Waals surface area contributed by atoms with E-state index >= 15 is 0 Å². The number of hydrogen-bond acceptors (Lipinski definition) is 6. The number of carbonyl (C=O) groups is 2. The van der Waals surface area contributed by atoms with Crippen LogP contribution in [0.5, 0.6) is 5.75 Å². The van der Waals surface area contributed by atoms with Gasteiger partial charge in [-0.15, -0.1) is 11.8 Å². The lowest BCUT2D eigenvalue weighted by Gasteiger charge is -2.33. The summed E-state index contributed by atoms with van der Waals surface area (Å²) < 4.78 is 35.3. The van der Waals surface area contributed by atoms with Gasteiger partial charge in [-0.2, -0.15) is 0 Å². The summed E-state index contributed by atoms with van der Waals surface area (Å²) in [7, 11) is -4.22. The molecule has 0 aliphatic heterocycles. The zero-order chi connectivity index (χ0) is 31.7. The molecule has 3 aromatic carbocycles. The fourth-order valence-electron chi connectivity index (χ4n) is 5.31. The number of para-hydroxylation sites is 2. The molecule has 0 aromatic heterocycles. The molecule has 2 amide bonds. The molecule has 11 heteroatoms. The summed E-state index contributed by atoms with van der Waals surface area (Å²) in [4.78, 5) is 30.1. The third-order valence-corrected chi connectivity index (χ3v) is 10.5. The first-order chi connectivity index (χ1) is 21.1. The highest BCUT2D eigenvalue weighted by Gasteiger charge is 2.34. The monoisotopic (exact) mass is 657 g/mol. The molecule has 0 radical (unpaired) electrons. The molecule has 1 saturated carbocycles. The number of rotatable bonds is 13. The van der Waals surface area contributed by atoms with Crippen molar-refractivity contribution in [3.05, 3.63) is 83.4 Å². The average molecular weight is 658 g/mol. The standard InChI is InChI=1S/C33H40ClN3O5S2/c1-4-42-31-16-9-8-15-30(31)37(44(40,41)29-19-17-28(43-3)18-20-29)23-32(38)36(22-25-11-10-12-26(34)21-25)24(2)33(39)35-27-13-6-5-7-14-27/h8-12,15-21,24,27H,4-7,13-14,22-23H2,1-3H3,(H,35,39)/t24-/m1/s1. The summed E-state index contributed by atoms with van der Waals surface area (Å²) in [5.41, 5.74) is 0.957. The summed E-state index contributed by atoms with van der Waals surface area (Å²) >= 11 is 7.75. The molecule has 0 unspecified atom stereocenters. The van der Waals surface area contributed by atoms with Crippen LogP contribution in [0.15, 0.2) is 82.6 Å². The van der Waals surface area contributed by atoms with Gasteiger partial charge in [0, 0.05) is 22.5 Å². The van der Waals surface area contributed by atoms with Crippen LogP contribution < -0.4 is 14.4 Å². The van der Waals surface area contributed by atoms with Crippen molar-refractivity contribution >= 4 is 50.9 Å². The van der Waals surface area contributed by atoms with E-state index in [0.29, 0.717) is 17.4 Å². The van der Waals surface area contributed by atoms with Crippen LogP contribution in [0.1, 0.15) is 51.5 Å². The third kappa shape index (κ3) is 8.49. The van der Waals surface area contributed by atoms with Gasteiger partial charge in [0.1, 0.15) is 18.3 Å². The number of nitrogens with one attached hydrogen (secondary N) is 1. The molecule has 236 valence electrons. The number of amides is 2. The molecule has 8 nitrogen and oxygen atoms in total. The van der Waals surface area contributed by atoms with E-state index in [1.807, 2.05) is 12.3 Å². The Morgan fingerprint density at radius 2 is 1.73 bits per heavy atom. The van der Waals surface area contributed by atoms with Crippen molar-refractivity contribution in [2.75, 3.05) is 23.7 Å². The second-order valence-electron chi connectivity index (χ2n) is 10.8. The number of nitrogens with zero attached hydrogens (tertiary/aromatic N) is 2. The van der Waals surface area contributed by atoms with Gasteiger partial charge in [-0.1, -0.05) is 55.1 Å². The first-order valence-corrected chi connectivity index (χ1v) is 17.9.